The van der Waals surface area contributed by atoms with Gasteiger partial charge in [-0.2, -0.15) is 0 Å². The van der Waals surface area contributed by atoms with Crippen molar-refractivity contribution in [3.05, 3.63) is 35.9 Å². The normalized spacial score (nSPS) is 25.4. The van der Waals surface area contributed by atoms with Crippen molar-refractivity contribution in [1.82, 2.24) is 0 Å². The van der Waals surface area contributed by atoms with Gasteiger partial charge in [0, 0.05) is 5.92 Å². The van der Waals surface area contributed by atoms with Gasteiger partial charge in [0.2, 0.25) is 0 Å². The average molecular weight is 296 g/mol. The van der Waals surface area contributed by atoms with Crippen LogP contribution in [0.4, 0.5) is 12.9 Å². The molecule has 0 saturated heterocycles. The Balaban J connectivity index is 0.00000180. The molecule has 0 radical (unpaired) electrons. The fourth-order valence-electron chi connectivity index (χ4n) is 2.45. The van der Waals surface area contributed by atoms with Gasteiger partial charge in [0.1, 0.15) is 0 Å². The van der Waals surface area contributed by atoms with Crippen LogP contribution in [0, 0.1) is 5.92 Å². The minimum Gasteiger partial charge on any atom is -0.466 e. The number of carbonyl (C=O) groups excluding carboxylic acids is 1. The molecular formula is C12H13BF3KO2. The smallest absolute Gasteiger partial charge is 0.466 e. The largest absolute Gasteiger partial charge is 1.00 e. The Bertz CT molecular complexity index is 438. The van der Waals surface area contributed by atoms with Gasteiger partial charge in [-0.15, -0.1) is 0 Å². The summed E-state index contributed by atoms with van der Waals surface area (Å²) in [6.45, 7) is -3.33. The number of ether oxygens (including phenoxy) is 1. The molecule has 19 heavy (non-hydrogen) atoms. The van der Waals surface area contributed by atoms with Gasteiger partial charge in [0.15, 0.2) is 0 Å². The van der Waals surface area contributed by atoms with Crippen molar-refractivity contribution >= 4 is 12.9 Å². The Morgan fingerprint density at radius 1 is 1.26 bits per heavy atom. The summed E-state index contributed by atoms with van der Waals surface area (Å²) in [5.41, 5.74) is 0.555. The van der Waals surface area contributed by atoms with E-state index in [0.29, 0.717) is 5.56 Å². The van der Waals surface area contributed by atoms with E-state index in [9.17, 15) is 17.7 Å². The van der Waals surface area contributed by atoms with Crippen LogP contribution >= 0.6 is 0 Å². The van der Waals surface area contributed by atoms with E-state index in [1.54, 1.807) is 37.3 Å². The van der Waals surface area contributed by atoms with Crippen LogP contribution in [0.2, 0.25) is 5.82 Å². The summed E-state index contributed by atoms with van der Waals surface area (Å²) in [5, 5.41) is 0. The Labute approximate surface area is 152 Å². The van der Waals surface area contributed by atoms with E-state index in [1.165, 1.54) is 0 Å². The number of benzene rings is 1. The second-order valence-electron chi connectivity index (χ2n) is 4.42. The summed E-state index contributed by atoms with van der Waals surface area (Å²) in [7, 11) is 0. The van der Waals surface area contributed by atoms with Crippen molar-refractivity contribution in [2.75, 3.05) is 6.61 Å². The summed E-state index contributed by atoms with van der Waals surface area (Å²) >= 11 is 0. The fourth-order valence-corrected chi connectivity index (χ4v) is 2.45. The summed E-state index contributed by atoms with van der Waals surface area (Å²) in [5.74, 6) is -4.13. The molecule has 1 aromatic carbocycles. The van der Waals surface area contributed by atoms with E-state index < -0.39 is 30.6 Å². The van der Waals surface area contributed by atoms with E-state index in [2.05, 4.69) is 0 Å². The molecule has 3 unspecified atom stereocenters. The molecule has 0 aromatic heterocycles. The van der Waals surface area contributed by atoms with Gasteiger partial charge < -0.3 is 17.7 Å². The monoisotopic (exact) mass is 296 g/mol. The second kappa shape index (κ2) is 6.76. The first-order valence-electron chi connectivity index (χ1n) is 5.88. The molecule has 7 heteroatoms. The molecule has 2 nitrogen and oxygen atoms in total. The number of rotatable bonds is 4. The molecule has 98 valence electrons. The molecule has 0 aliphatic heterocycles. The first-order chi connectivity index (χ1) is 8.46. The van der Waals surface area contributed by atoms with Crippen molar-refractivity contribution in [2.24, 2.45) is 5.92 Å². The summed E-state index contributed by atoms with van der Waals surface area (Å²) in [4.78, 5) is 11.5. The van der Waals surface area contributed by atoms with Crippen molar-refractivity contribution in [3.8, 4) is 0 Å². The number of hydrogen-bond donors (Lipinski definition) is 0. The van der Waals surface area contributed by atoms with Crippen LogP contribution in [0.5, 0.6) is 0 Å². The maximum absolute atomic E-state index is 12.9. The minimum absolute atomic E-state index is 0. The van der Waals surface area contributed by atoms with Crippen LogP contribution < -0.4 is 51.4 Å². The molecule has 1 aliphatic rings. The van der Waals surface area contributed by atoms with E-state index in [4.69, 9.17) is 4.74 Å². The molecule has 1 saturated carbocycles. The molecule has 2 rings (SSSR count). The predicted molar refractivity (Wildman–Crippen MR) is 62.1 cm³/mol. The first kappa shape index (κ1) is 17.2. The van der Waals surface area contributed by atoms with Crippen molar-refractivity contribution in [2.45, 2.75) is 18.7 Å². The maximum atomic E-state index is 12.9. The van der Waals surface area contributed by atoms with Crippen LogP contribution in [-0.4, -0.2) is 19.6 Å². The fraction of sp³-hybridized carbons (Fsp3) is 0.417. The molecule has 0 spiro atoms. The van der Waals surface area contributed by atoms with Gasteiger partial charge in [0.25, 0.3) is 0 Å². The average Bonchev–Trinajstić information content (AvgIpc) is 3.05. The Hall–Kier alpha value is 0.181. The van der Waals surface area contributed by atoms with Crippen molar-refractivity contribution < 1.29 is 73.9 Å². The van der Waals surface area contributed by atoms with Crippen LogP contribution in [0.1, 0.15) is 18.4 Å². The van der Waals surface area contributed by atoms with Crippen LogP contribution in [0.3, 0.4) is 0 Å². The van der Waals surface area contributed by atoms with Gasteiger partial charge >= 0.3 is 64.3 Å². The molecule has 0 bridgehead atoms. The molecule has 0 amide bonds. The summed E-state index contributed by atoms with van der Waals surface area (Å²) in [6.07, 6.45) is 0. The second-order valence-corrected chi connectivity index (χ2v) is 4.42. The predicted octanol–water partition coefficient (Wildman–Crippen LogP) is 0.185. The molecule has 1 aliphatic carbocycles. The zero-order valence-electron chi connectivity index (χ0n) is 10.9. The van der Waals surface area contributed by atoms with Gasteiger partial charge in [-0.05, 0) is 18.4 Å². The first-order valence-corrected chi connectivity index (χ1v) is 5.88. The van der Waals surface area contributed by atoms with Crippen LogP contribution in [0.15, 0.2) is 30.3 Å². The number of esters is 1. The van der Waals surface area contributed by atoms with Gasteiger partial charge in [-0.3, -0.25) is 4.79 Å². The van der Waals surface area contributed by atoms with E-state index in [0.717, 1.165) is 0 Å². The van der Waals surface area contributed by atoms with E-state index >= 15 is 0 Å². The van der Waals surface area contributed by atoms with Crippen molar-refractivity contribution in [1.29, 1.82) is 0 Å². The minimum atomic E-state index is -5.02. The third-order valence-corrected chi connectivity index (χ3v) is 3.26. The number of hydrogen-bond acceptors (Lipinski definition) is 2. The number of halogens is 3. The Morgan fingerprint density at radius 2 is 1.84 bits per heavy atom. The third kappa shape index (κ3) is 3.85. The molecule has 0 N–H and O–H groups in total. The summed E-state index contributed by atoms with van der Waals surface area (Å²) < 4.78 is 43.4. The van der Waals surface area contributed by atoms with Gasteiger partial charge in [-0.1, -0.05) is 36.1 Å². The SMILES string of the molecule is CCOC(=O)C1C(c2ccccc2)C1[B-](F)(F)F.[K+]. The topological polar surface area (TPSA) is 26.3 Å². The molecule has 1 aromatic rings. The van der Waals surface area contributed by atoms with Gasteiger partial charge in [0.05, 0.1) is 6.61 Å². The third-order valence-electron chi connectivity index (χ3n) is 3.26. The van der Waals surface area contributed by atoms with Crippen LogP contribution in [-0.2, 0) is 9.53 Å². The number of carbonyl (C=O) groups is 1. The van der Waals surface area contributed by atoms with Crippen LogP contribution in [0.25, 0.3) is 0 Å². The molecular weight excluding hydrogens is 283 g/mol. The van der Waals surface area contributed by atoms with E-state index in [-0.39, 0.29) is 58.0 Å². The molecule has 3 atom stereocenters. The van der Waals surface area contributed by atoms with E-state index in [1.807, 2.05) is 0 Å². The standard InChI is InChI=1S/C12H13BF3O2.K/c1-2-18-12(17)10-9(11(10)13(14,15)16)8-6-4-3-5-7-8;/h3-7,9-11H,2H2,1H3;/q-1;+1. The maximum Gasteiger partial charge on any atom is 1.00 e. The zero-order chi connectivity index (χ0) is 13.3. The summed E-state index contributed by atoms with van der Waals surface area (Å²) in [6, 6.07) is 8.34. The molecule has 0 heterocycles. The zero-order valence-corrected chi connectivity index (χ0v) is 14.0. The Morgan fingerprint density at radius 3 is 2.32 bits per heavy atom. The molecule has 1 fully saturated rings. The van der Waals surface area contributed by atoms with Crippen molar-refractivity contribution in [3.63, 3.8) is 0 Å². The Kier molecular flexibility index (Phi) is 6.13. The van der Waals surface area contributed by atoms with Gasteiger partial charge in [-0.25, -0.2) is 0 Å². The quantitative estimate of drug-likeness (QED) is 0.585.